The molecule has 1 heterocycles. The van der Waals surface area contributed by atoms with Crippen LogP contribution in [0.25, 0.3) is 6.08 Å². The zero-order chi connectivity index (χ0) is 10.5. The quantitative estimate of drug-likeness (QED) is 0.564. The van der Waals surface area contributed by atoms with Gasteiger partial charge in [0.1, 0.15) is 6.54 Å². The van der Waals surface area contributed by atoms with Crippen molar-refractivity contribution < 1.29 is 4.48 Å². The summed E-state index contributed by atoms with van der Waals surface area (Å²) in [6.45, 7) is 2.54. The maximum atomic E-state index is 2.43. The molecular formula is C14H18N+. The van der Waals surface area contributed by atoms with Crippen molar-refractivity contribution >= 4 is 6.08 Å². The molecule has 0 spiro atoms. The van der Waals surface area contributed by atoms with E-state index in [0.717, 1.165) is 10.4 Å². The van der Waals surface area contributed by atoms with Crippen LogP contribution in [0.15, 0.2) is 29.8 Å². The first-order chi connectivity index (χ1) is 7.14. The van der Waals surface area contributed by atoms with E-state index >= 15 is 0 Å². The van der Waals surface area contributed by atoms with E-state index < -0.39 is 0 Å². The average Bonchev–Trinajstić information content (AvgIpc) is 2.46. The topological polar surface area (TPSA) is 0 Å². The molecule has 0 N–H and O–H groups in total. The Morgan fingerprint density at radius 2 is 2.00 bits per heavy atom. The standard InChI is InChI=1S/C14H18N/c1-15(2)9-13-7-11-5-3-4-6-12(11)8-14(13)10-15/h3-7,14H,8-10H2,1-2H3/q+1/t14-/m1/s1. The third-order valence-corrected chi connectivity index (χ3v) is 3.71. The van der Waals surface area contributed by atoms with Crippen molar-refractivity contribution in [3.05, 3.63) is 41.0 Å². The Morgan fingerprint density at radius 1 is 1.20 bits per heavy atom. The molecule has 15 heavy (non-hydrogen) atoms. The Kier molecular flexibility index (Phi) is 1.81. The van der Waals surface area contributed by atoms with E-state index in [1.54, 1.807) is 5.57 Å². The van der Waals surface area contributed by atoms with E-state index in [1.807, 2.05) is 0 Å². The summed E-state index contributed by atoms with van der Waals surface area (Å²) in [6, 6.07) is 8.83. The molecule has 1 saturated heterocycles. The van der Waals surface area contributed by atoms with Crippen molar-refractivity contribution in [2.75, 3.05) is 27.2 Å². The molecule has 1 heteroatoms. The lowest BCUT2D eigenvalue weighted by Crippen LogP contribution is -2.36. The lowest BCUT2D eigenvalue weighted by Gasteiger charge is -2.22. The normalized spacial score (nSPS) is 26.8. The zero-order valence-electron chi connectivity index (χ0n) is 9.53. The van der Waals surface area contributed by atoms with Gasteiger partial charge in [-0.3, -0.25) is 0 Å². The molecule has 0 unspecified atom stereocenters. The van der Waals surface area contributed by atoms with E-state index in [-0.39, 0.29) is 0 Å². The Labute approximate surface area is 91.6 Å². The number of hydrogen-bond acceptors (Lipinski definition) is 0. The van der Waals surface area contributed by atoms with Gasteiger partial charge in [-0.15, -0.1) is 0 Å². The van der Waals surface area contributed by atoms with Crippen LogP contribution >= 0.6 is 0 Å². The number of likely N-dealkylation sites (N-methyl/N-ethyl adjacent to an activating group) is 1. The van der Waals surface area contributed by atoms with Gasteiger partial charge in [-0.25, -0.2) is 0 Å². The zero-order valence-corrected chi connectivity index (χ0v) is 9.53. The molecule has 0 bridgehead atoms. The van der Waals surface area contributed by atoms with Crippen LogP contribution in [0.1, 0.15) is 11.1 Å². The lowest BCUT2D eigenvalue weighted by atomic mass is 9.85. The molecule has 1 aliphatic carbocycles. The minimum absolute atomic E-state index is 0.801. The van der Waals surface area contributed by atoms with Crippen LogP contribution in [0.4, 0.5) is 0 Å². The molecule has 1 nitrogen and oxygen atoms in total. The average molecular weight is 200 g/mol. The molecule has 0 aromatic heterocycles. The molecule has 0 saturated carbocycles. The molecule has 1 aliphatic heterocycles. The van der Waals surface area contributed by atoms with Crippen molar-refractivity contribution in [3.8, 4) is 0 Å². The molecule has 1 aromatic rings. The molecule has 78 valence electrons. The number of quaternary nitrogens is 1. The van der Waals surface area contributed by atoms with Crippen LogP contribution in [0.5, 0.6) is 0 Å². The van der Waals surface area contributed by atoms with E-state index in [9.17, 15) is 0 Å². The highest BCUT2D eigenvalue weighted by Gasteiger charge is 2.37. The fourth-order valence-corrected chi connectivity index (χ4v) is 3.09. The highest BCUT2D eigenvalue weighted by atomic mass is 15.3. The first-order valence-corrected chi connectivity index (χ1v) is 5.74. The van der Waals surface area contributed by atoms with E-state index in [0.29, 0.717) is 0 Å². The Bertz CT molecular complexity index is 429. The van der Waals surface area contributed by atoms with Crippen molar-refractivity contribution in [2.45, 2.75) is 6.42 Å². The maximum Gasteiger partial charge on any atom is 0.101 e. The minimum Gasteiger partial charge on any atom is -0.324 e. The molecular weight excluding hydrogens is 182 g/mol. The van der Waals surface area contributed by atoms with Crippen molar-refractivity contribution in [1.29, 1.82) is 0 Å². The minimum atomic E-state index is 0.801. The monoisotopic (exact) mass is 200 g/mol. The van der Waals surface area contributed by atoms with Gasteiger partial charge < -0.3 is 4.48 Å². The van der Waals surface area contributed by atoms with Crippen LogP contribution in [0.3, 0.4) is 0 Å². The summed E-state index contributed by atoms with van der Waals surface area (Å²) in [5, 5.41) is 0. The van der Waals surface area contributed by atoms with Crippen LogP contribution in [-0.4, -0.2) is 31.7 Å². The van der Waals surface area contributed by atoms with Gasteiger partial charge in [-0.1, -0.05) is 24.3 Å². The van der Waals surface area contributed by atoms with Gasteiger partial charge in [-0.05, 0) is 29.2 Å². The number of rotatable bonds is 0. The molecule has 0 radical (unpaired) electrons. The fourth-order valence-electron chi connectivity index (χ4n) is 3.09. The smallest absolute Gasteiger partial charge is 0.101 e. The summed E-state index contributed by atoms with van der Waals surface area (Å²) >= 11 is 0. The fraction of sp³-hybridized carbons (Fsp3) is 0.429. The summed E-state index contributed by atoms with van der Waals surface area (Å²) in [6.07, 6.45) is 3.68. The Hall–Kier alpha value is -1.08. The number of benzene rings is 1. The highest BCUT2D eigenvalue weighted by molar-refractivity contribution is 5.60. The van der Waals surface area contributed by atoms with Gasteiger partial charge in [0.2, 0.25) is 0 Å². The van der Waals surface area contributed by atoms with Gasteiger partial charge in [0.15, 0.2) is 0 Å². The largest absolute Gasteiger partial charge is 0.324 e. The SMILES string of the molecule is C[N+]1(C)CC2=Cc3ccccc3C[C@@H]2C1. The van der Waals surface area contributed by atoms with Crippen LogP contribution in [0, 0.1) is 5.92 Å². The third kappa shape index (κ3) is 1.51. The lowest BCUT2D eigenvalue weighted by molar-refractivity contribution is -0.877. The van der Waals surface area contributed by atoms with E-state index in [4.69, 9.17) is 0 Å². The van der Waals surface area contributed by atoms with Crippen molar-refractivity contribution in [1.82, 2.24) is 0 Å². The second-order valence-electron chi connectivity index (χ2n) is 5.60. The summed E-state index contributed by atoms with van der Waals surface area (Å²) in [5.41, 5.74) is 4.65. The predicted octanol–water partition coefficient (Wildman–Crippen LogP) is 2.33. The first kappa shape index (κ1) is 9.17. The van der Waals surface area contributed by atoms with Crippen molar-refractivity contribution in [3.63, 3.8) is 0 Å². The van der Waals surface area contributed by atoms with E-state index in [2.05, 4.69) is 44.4 Å². The number of fused-ring (bicyclic) bond motifs is 2. The van der Waals surface area contributed by atoms with Gasteiger partial charge >= 0.3 is 0 Å². The molecule has 1 atom stereocenters. The molecule has 2 aliphatic rings. The summed E-state index contributed by atoms with van der Waals surface area (Å²) in [7, 11) is 4.67. The van der Waals surface area contributed by atoms with Gasteiger partial charge in [0, 0.05) is 5.92 Å². The second-order valence-corrected chi connectivity index (χ2v) is 5.60. The third-order valence-electron chi connectivity index (χ3n) is 3.71. The summed E-state index contributed by atoms with van der Waals surface area (Å²) in [5.74, 6) is 0.801. The molecule has 0 amide bonds. The number of hydrogen-bond donors (Lipinski definition) is 0. The Balaban J connectivity index is 2.02. The van der Waals surface area contributed by atoms with Gasteiger partial charge in [0.25, 0.3) is 0 Å². The summed E-state index contributed by atoms with van der Waals surface area (Å²) < 4.78 is 1.16. The van der Waals surface area contributed by atoms with Gasteiger partial charge in [0.05, 0.1) is 20.6 Å². The van der Waals surface area contributed by atoms with Crippen molar-refractivity contribution in [2.24, 2.45) is 5.92 Å². The van der Waals surface area contributed by atoms with Crippen LogP contribution in [-0.2, 0) is 6.42 Å². The molecule has 1 fully saturated rings. The molecule has 3 rings (SSSR count). The molecule has 1 aromatic carbocycles. The van der Waals surface area contributed by atoms with Gasteiger partial charge in [-0.2, -0.15) is 0 Å². The van der Waals surface area contributed by atoms with Crippen LogP contribution < -0.4 is 0 Å². The predicted molar refractivity (Wildman–Crippen MR) is 63.5 cm³/mol. The van der Waals surface area contributed by atoms with E-state index in [1.165, 1.54) is 30.6 Å². The van der Waals surface area contributed by atoms with Crippen LogP contribution in [0.2, 0.25) is 0 Å². The second kappa shape index (κ2) is 2.96. The number of likely N-dealkylation sites (tertiary alicyclic amines) is 1. The number of nitrogens with zero attached hydrogens (tertiary/aromatic N) is 1. The maximum absolute atomic E-state index is 2.43. The first-order valence-electron chi connectivity index (χ1n) is 5.74. The Morgan fingerprint density at radius 3 is 2.87 bits per heavy atom. The highest BCUT2D eigenvalue weighted by Crippen LogP contribution is 2.35. The summed E-state index contributed by atoms with van der Waals surface area (Å²) in [4.78, 5) is 0.